The summed E-state index contributed by atoms with van der Waals surface area (Å²) in [5.74, 6) is -0.244. The third-order valence-corrected chi connectivity index (χ3v) is 4.56. The van der Waals surface area contributed by atoms with Gasteiger partial charge >= 0.3 is 5.97 Å². The number of aromatic nitrogens is 1. The fourth-order valence-corrected chi connectivity index (χ4v) is 3.34. The Bertz CT molecular complexity index is 761. The summed E-state index contributed by atoms with van der Waals surface area (Å²) in [6, 6.07) is 7.57. The van der Waals surface area contributed by atoms with Crippen LogP contribution >= 0.6 is 11.6 Å². The van der Waals surface area contributed by atoms with Gasteiger partial charge in [0, 0.05) is 22.7 Å². The van der Waals surface area contributed by atoms with Gasteiger partial charge in [0.05, 0.1) is 6.61 Å². The number of hydrogen-bond acceptors (Lipinski definition) is 3. The van der Waals surface area contributed by atoms with Crippen molar-refractivity contribution in [3.63, 3.8) is 0 Å². The van der Waals surface area contributed by atoms with Crippen LogP contribution in [0.4, 0.5) is 0 Å². The van der Waals surface area contributed by atoms with Gasteiger partial charge in [-0.3, -0.25) is 4.79 Å². The van der Waals surface area contributed by atoms with Crippen LogP contribution in [0.5, 0.6) is 0 Å². The summed E-state index contributed by atoms with van der Waals surface area (Å²) in [7, 11) is 0. The Balaban J connectivity index is 1.94. The van der Waals surface area contributed by atoms with E-state index in [-0.39, 0.29) is 11.7 Å². The highest BCUT2D eigenvalue weighted by molar-refractivity contribution is 6.30. The first-order valence-electron chi connectivity index (χ1n) is 7.68. The lowest BCUT2D eigenvalue weighted by atomic mass is 9.81. The van der Waals surface area contributed by atoms with Crippen LogP contribution in [0.25, 0.3) is 0 Å². The number of ether oxygens (including phenoxy) is 1. The van der Waals surface area contributed by atoms with E-state index in [4.69, 9.17) is 16.3 Å². The van der Waals surface area contributed by atoms with E-state index in [1.54, 1.807) is 13.8 Å². The quantitative estimate of drug-likeness (QED) is 0.863. The topological polar surface area (TPSA) is 59.2 Å². The summed E-state index contributed by atoms with van der Waals surface area (Å²) in [6.45, 7) is 3.86. The lowest BCUT2D eigenvalue weighted by Gasteiger charge is -2.22. The monoisotopic (exact) mass is 331 g/mol. The zero-order valence-electron chi connectivity index (χ0n) is 13.1. The second-order valence-electron chi connectivity index (χ2n) is 5.78. The van der Waals surface area contributed by atoms with Crippen molar-refractivity contribution in [3.05, 3.63) is 57.4 Å². The number of rotatable bonds is 3. The van der Waals surface area contributed by atoms with Crippen molar-refractivity contribution in [2.24, 2.45) is 0 Å². The molecular formula is C18H18ClNO3. The predicted molar refractivity (Wildman–Crippen MR) is 88.3 cm³/mol. The standard InChI is InChI=1S/C18H18ClNO3/c1-3-23-18(22)17-10(2)16-14(20-17)8-12(9-15(16)21)11-4-6-13(19)7-5-11/h4-7,12,20H,3,8-9H2,1-2H3. The van der Waals surface area contributed by atoms with E-state index in [0.29, 0.717) is 41.3 Å². The predicted octanol–water partition coefficient (Wildman–Crippen LogP) is 4.07. The Morgan fingerprint density at radius 3 is 2.65 bits per heavy atom. The molecule has 120 valence electrons. The van der Waals surface area contributed by atoms with Gasteiger partial charge in [0.25, 0.3) is 0 Å². The van der Waals surface area contributed by atoms with Crippen molar-refractivity contribution >= 4 is 23.4 Å². The molecule has 0 saturated carbocycles. The maximum Gasteiger partial charge on any atom is 0.355 e. The minimum absolute atomic E-state index is 0.0653. The molecule has 1 aromatic carbocycles. The summed E-state index contributed by atoms with van der Waals surface area (Å²) in [6.07, 6.45) is 1.14. The first kappa shape index (κ1) is 15.8. The van der Waals surface area contributed by atoms with Crippen LogP contribution in [0.3, 0.4) is 0 Å². The number of ketones is 1. The van der Waals surface area contributed by atoms with E-state index in [1.165, 1.54) is 0 Å². The first-order chi connectivity index (χ1) is 11.0. The average Bonchev–Trinajstić information content (AvgIpc) is 2.86. The van der Waals surface area contributed by atoms with Crippen LogP contribution in [-0.2, 0) is 11.2 Å². The molecule has 1 aromatic heterocycles. The van der Waals surface area contributed by atoms with Crippen LogP contribution in [-0.4, -0.2) is 23.3 Å². The molecule has 1 unspecified atom stereocenters. The molecule has 1 N–H and O–H groups in total. The molecule has 2 aromatic rings. The van der Waals surface area contributed by atoms with E-state index in [2.05, 4.69) is 4.98 Å². The number of aromatic amines is 1. The number of hydrogen-bond donors (Lipinski definition) is 1. The zero-order valence-corrected chi connectivity index (χ0v) is 13.9. The SMILES string of the molecule is CCOC(=O)c1[nH]c2c(c1C)C(=O)CC(c1ccc(Cl)cc1)C2. The minimum Gasteiger partial charge on any atom is -0.461 e. The Hall–Kier alpha value is -2.07. The Kier molecular flexibility index (Phi) is 4.26. The summed E-state index contributed by atoms with van der Waals surface area (Å²) >= 11 is 5.92. The molecule has 1 atom stereocenters. The van der Waals surface area contributed by atoms with Gasteiger partial charge in [0.2, 0.25) is 0 Å². The van der Waals surface area contributed by atoms with Crippen LogP contribution in [0, 0.1) is 6.92 Å². The molecule has 0 fully saturated rings. The van der Waals surface area contributed by atoms with Crippen molar-refractivity contribution in [3.8, 4) is 0 Å². The second-order valence-corrected chi connectivity index (χ2v) is 6.22. The van der Waals surface area contributed by atoms with E-state index >= 15 is 0 Å². The van der Waals surface area contributed by atoms with Crippen molar-refractivity contribution in [2.75, 3.05) is 6.61 Å². The van der Waals surface area contributed by atoms with Gasteiger partial charge in [0.15, 0.2) is 5.78 Å². The number of H-pyrrole nitrogens is 1. The molecule has 0 radical (unpaired) electrons. The Morgan fingerprint density at radius 1 is 1.30 bits per heavy atom. The molecule has 0 saturated heterocycles. The summed E-state index contributed by atoms with van der Waals surface area (Å²) in [5, 5.41) is 0.678. The summed E-state index contributed by atoms with van der Waals surface area (Å²) in [4.78, 5) is 27.7. The highest BCUT2D eigenvalue weighted by Gasteiger charge is 2.32. The number of Topliss-reactive ketones (excluding diaryl/α,β-unsaturated/α-hetero) is 1. The number of nitrogens with one attached hydrogen (secondary N) is 1. The van der Waals surface area contributed by atoms with Crippen LogP contribution in [0.2, 0.25) is 5.02 Å². The highest BCUT2D eigenvalue weighted by atomic mass is 35.5. The highest BCUT2D eigenvalue weighted by Crippen LogP contribution is 2.35. The van der Waals surface area contributed by atoms with Crippen LogP contribution in [0.1, 0.15) is 56.9 Å². The molecule has 0 bridgehead atoms. The molecule has 0 spiro atoms. The molecular weight excluding hydrogens is 314 g/mol. The number of benzene rings is 1. The van der Waals surface area contributed by atoms with Crippen molar-refractivity contribution in [1.82, 2.24) is 4.98 Å². The number of carbonyl (C=O) groups is 2. The maximum atomic E-state index is 12.6. The Labute approximate surface area is 139 Å². The Morgan fingerprint density at radius 2 is 2.00 bits per heavy atom. The van der Waals surface area contributed by atoms with Crippen molar-refractivity contribution in [2.45, 2.75) is 32.6 Å². The molecule has 0 aliphatic heterocycles. The molecule has 23 heavy (non-hydrogen) atoms. The van der Waals surface area contributed by atoms with Crippen LogP contribution in [0.15, 0.2) is 24.3 Å². The zero-order chi connectivity index (χ0) is 16.6. The third-order valence-electron chi connectivity index (χ3n) is 4.31. The van der Waals surface area contributed by atoms with Crippen LogP contribution < -0.4 is 0 Å². The largest absolute Gasteiger partial charge is 0.461 e. The minimum atomic E-state index is -0.407. The fourth-order valence-electron chi connectivity index (χ4n) is 3.21. The molecule has 1 heterocycles. The lowest BCUT2D eigenvalue weighted by molar-refractivity contribution is 0.0519. The van der Waals surface area contributed by atoms with E-state index < -0.39 is 5.97 Å². The third kappa shape index (κ3) is 2.91. The molecule has 5 heteroatoms. The first-order valence-corrected chi connectivity index (χ1v) is 8.06. The smallest absolute Gasteiger partial charge is 0.355 e. The van der Waals surface area contributed by atoms with Gasteiger partial charge in [-0.1, -0.05) is 23.7 Å². The number of halogens is 1. The molecule has 0 amide bonds. The molecule has 3 rings (SSSR count). The normalized spacial score (nSPS) is 17.0. The van der Waals surface area contributed by atoms with Gasteiger partial charge < -0.3 is 9.72 Å². The van der Waals surface area contributed by atoms with E-state index in [1.807, 2.05) is 24.3 Å². The fraction of sp³-hybridized carbons (Fsp3) is 0.333. The molecule has 1 aliphatic carbocycles. The maximum absolute atomic E-state index is 12.6. The van der Waals surface area contributed by atoms with E-state index in [0.717, 1.165) is 11.3 Å². The number of carbonyl (C=O) groups excluding carboxylic acids is 2. The van der Waals surface area contributed by atoms with Crippen molar-refractivity contribution in [1.29, 1.82) is 0 Å². The van der Waals surface area contributed by atoms with E-state index in [9.17, 15) is 9.59 Å². The number of esters is 1. The van der Waals surface area contributed by atoms with Gasteiger partial charge in [0.1, 0.15) is 5.69 Å². The van der Waals surface area contributed by atoms with Crippen molar-refractivity contribution < 1.29 is 14.3 Å². The molecule has 4 nitrogen and oxygen atoms in total. The summed E-state index contributed by atoms with van der Waals surface area (Å²) in [5.41, 5.74) is 3.64. The lowest BCUT2D eigenvalue weighted by Crippen LogP contribution is -2.18. The van der Waals surface area contributed by atoms with Gasteiger partial charge in [-0.25, -0.2) is 4.79 Å². The molecule has 1 aliphatic rings. The second kappa shape index (κ2) is 6.20. The van der Waals surface area contributed by atoms with Gasteiger partial charge in [-0.15, -0.1) is 0 Å². The van der Waals surface area contributed by atoms with Gasteiger partial charge in [-0.05, 0) is 49.4 Å². The van der Waals surface area contributed by atoms with Gasteiger partial charge in [-0.2, -0.15) is 0 Å². The average molecular weight is 332 g/mol. The summed E-state index contributed by atoms with van der Waals surface area (Å²) < 4.78 is 5.05. The number of fused-ring (bicyclic) bond motifs is 1.